The minimum absolute atomic E-state index is 0. The topological polar surface area (TPSA) is 37.4 Å². The van der Waals surface area contributed by atoms with Crippen LogP contribution in [0, 0.1) is 0 Å². The summed E-state index contributed by atoms with van der Waals surface area (Å²) in [7, 11) is 0. The third-order valence-corrected chi connectivity index (χ3v) is 2.83. The zero-order chi connectivity index (χ0) is 13.5. The van der Waals surface area contributed by atoms with E-state index in [2.05, 4.69) is 0 Å². The fourth-order valence-electron chi connectivity index (χ4n) is 1.96. The number of Topliss-reactive ketones (excluding diaryl/α,β-unsaturated/α-hetero) is 1. The quantitative estimate of drug-likeness (QED) is 0.539. The van der Waals surface area contributed by atoms with E-state index in [1.54, 1.807) is 6.07 Å². The SMILES string of the molecule is CCc1ccc2c(c1)C(=O)C(=O)N2C[B-](F)(F)F.[K+]. The molecule has 1 aromatic rings. The second-order valence-electron chi connectivity index (χ2n) is 4.16. The number of carbonyl (C=O) groups excluding carboxylic acids is 2. The van der Waals surface area contributed by atoms with Crippen molar-refractivity contribution >= 4 is 24.4 Å². The van der Waals surface area contributed by atoms with Gasteiger partial charge in [-0.25, -0.2) is 0 Å². The number of aryl methyl sites for hydroxylation is 1. The standard InChI is InChI=1S/C11H10BF3NO2.K/c1-2-7-3-4-9-8(5-7)10(17)11(18)16(9)6-12(13,14)15;/h3-5H,2,6H2,1H3;/q-1;+1. The first-order chi connectivity index (χ1) is 8.33. The third kappa shape index (κ3) is 3.49. The van der Waals surface area contributed by atoms with Gasteiger partial charge in [0.2, 0.25) is 0 Å². The first kappa shape index (κ1) is 16.9. The van der Waals surface area contributed by atoms with Crippen LogP contribution < -0.4 is 56.3 Å². The predicted molar refractivity (Wildman–Crippen MR) is 61.6 cm³/mol. The van der Waals surface area contributed by atoms with Crippen LogP contribution >= 0.6 is 0 Å². The van der Waals surface area contributed by atoms with Gasteiger partial charge in [0, 0.05) is 0 Å². The average Bonchev–Trinajstić information content (AvgIpc) is 2.52. The van der Waals surface area contributed by atoms with Gasteiger partial charge in [0.1, 0.15) is 0 Å². The summed E-state index contributed by atoms with van der Waals surface area (Å²) < 4.78 is 37.2. The molecule has 0 N–H and O–H groups in total. The van der Waals surface area contributed by atoms with E-state index in [4.69, 9.17) is 0 Å². The summed E-state index contributed by atoms with van der Waals surface area (Å²) in [5.74, 6) is -1.96. The number of rotatable bonds is 3. The fourth-order valence-corrected chi connectivity index (χ4v) is 1.96. The Kier molecular flexibility index (Phi) is 5.42. The largest absolute Gasteiger partial charge is 1.00 e. The van der Waals surface area contributed by atoms with Gasteiger partial charge in [0.25, 0.3) is 11.7 Å². The minimum Gasteiger partial charge on any atom is -0.448 e. The van der Waals surface area contributed by atoms with E-state index in [0.717, 1.165) is 5.56 Å². The Labute approximate surface area is 151 Å². The molecule has 0 fully saturated rings. The van der Waals surface area contributed by atoms with Crippen molar-refractivity contribution in [2.24, 2.45) is 0 Å². The molecule has 96 valence electrons. The number of anilines is 1. The summed E-state index contributed by atoms with van der Waals surface area (Å²) >= 11 is 0. The van der Waals surface area contributed by atoms with Gasteiger partial charge in [0.15, 0.2) is 0 Å². The van der Waals surface area contributed by atoms with Crippen LogP contribution in [-0.4, -0.2) is 25.1 Å². The van der Waals surface area contributed by atoms with Gasteiger partial charge in [-0.05, 0) is 30.6 Å². The van der Waals surface area contributed by atoms with E-state index in [1.807, 2.05) is 6.92 Å². The molecule has 19 heavy (non-hydrogen) atoms. The minimum atomic E-state index is -5.16. The van der Waals surface area contributed by atoms with Crippen molar-refractivity contribution < 1.29 is 73.9 Å². The first-order valence-corrected chi connectivity index (χ1v) is 5.53. The van der Waals surface area contributed by atoms with Gasteiger partial charge in [-0.2, -0.15) is 0 Å². The molecule has 0 spiro atoms. The van der Waals surface area contributed by atoms with Gasteiger partial charge in [-0.1, -0.05) is 13.0 Å². The van der Waals surface area contributed by atoms with Crippen molar-refractivity contribution in [3.05, 3.63) is 29.3 Å². The maximum absolute atomic E-state index is 12.4. The van der Waals surface area contributed by atoms with Crippen molar-refractivity contribution in [1.82, 2.24) is 0 Å². The molecule has 3 nitrogen and oxygen atoms in total. The smallest absolute Gasteiger partial charge is 0.448 e. The predicted octanol–water partition coefficient (Wildman–Crippen LogP) is -0.831. The molecule has 0 atom stereocenters. The molecule has 1 heterocycles. The molecular formula is C11H10BF3KNO2. The molecule has 0 unspecified atom stereocenters. The zero-order valence-electron chi connectivity index (χ0n) is 10.6. The van der Waals surface area contributed by atoms with E-state index >= 15 is 0 Å². The number of hydrogen-bond acceptors (Lipinski definition) is 2. The van der Waals surface area contributed by atoms with Gasteiger partial charge < -0.3 is 17.8 Å². The molecular weight excluding hydrogens is 285 g/mol. The number of nitrogens with zero attached hydrogens (tertiary/aromatic N) is 1. The molecule has 2 rings (SSSR count). The van der Waals surface area contributed by atoms with Crippen molar-refractivity contribution in [3.8, 4) is 0 Å². The summed E-state index contributed by atoms with van der Waals surface area (Å²) in [4.78, 5) is 23.6. The number of hydrogen-bond donors (Lipinski definition) is 0. The first-order valence-electron chi connectivity index (χ1n) is 5.53. The number of fused-ring (bicyclic) bond motifs is 1. The number of ketones is 1. The molecule has 1 amide bonds. The van der Waals surface area contributed by atoms with Crippen LogP contribution in [0.2, 0.25) is 0 Å². The summed E-state index contributed by atoms with van der Waals surface area (Å²) in [5.41, 5.74) is 0.940. The van der Waals surface area contributed by atoms with E-state index in [1.165, 1.54) is 12.1 Å². The molecule has 0 saturated heterocycles. The van der Waals surface area contributed by atoms with Crippen LogP contribution in [0.4, 0.5) is 18.6 Å². The van der Waals surface area contributed by atoms with Crippen LogP contribution in [0.15, 0.2) is 18.2 Å². The van der Waals surface area contributed by atoms with Crippen molar-refractivity contribution in [2.45, 2.75) is 13.3 Å². The second-order valence-corrected chi connectivity index (χ2v) is 4.16. The number of halogens is 3. The molecule has 1 aliphatic rings. The third-order valence-electron chi connectivity index (χ3n) is 2.83. The molecule has 0 saturated carbocycles. The Hall–Kier alpha value is -0.149. The Morgan fingerprint density at radius 1 is 1.21 bits per heavy atom. The van der Waals surface area contributed by atoms with E-state index in [9.17, 15) is 22.5 Å². The molecule has 8 heteroatoms. The van der Waals surface area contributed by atoms with Gasteiger partial charge in [-0.15, -0.1) is 0 Å². The van der Waals surface area contributed by atoms with Gasteiger partial charge >= 0.3 is 58.4 Å². The van der Waals surface area contributed by atoms with E-state index < -0.39 is 25.1 Å². The second kappa shape index (κ2) is 6.09. The Morgan fingerprint density at radius 2 is 1.84 bits per heavy atom. The molecule has 0 aliphatic carbocycles. The fraction of sp³-hybridized carbons (Fsp3) is 0.273. The summed E-state index contributed by atoms with van der Waals surface area (Å²) in [6.07, 6.45) is -0.721. The van der Waals surface area contributed by atoms with E-state index in [0.29, 0.717) is 11.3 Å². The Bertz CT molecular complexity index is 533. The van der Waals surface area contributed by atoms with Crippen LogP contribution in [-0.2, 0) is 11.2 Å². The van der Waals surface area contributed by atoms with Crippen LogP contribution in [0.3, 0.4) is 0 Å². The monoisotopic (exact) mass is 295 g/mol. The summed E-state index contributed by atoms with van der Waals surface area (Å²) in [6.45, 7) is -3.30. The van der Waals surface area contributed by atoms with Crippen LogP contribution in [0.5, 0.6) is 0 Å². The normalized spacial score (nSPS) is 14.4. The van der Waals surface area contributed by atoms with Crippen LogP contribution in [0.25, 0.3) is 0 Å². The maximum Gasteiger partial charge on any atom is 1.00 e. The Morgan fingerprint density at radius 3 is 2.37 bits per heavy atom. The number of carbonyl (C=O) groups is 2. The molecule has 0 aromatic heterocycles. The maximum atomic E-state index is 12.4. The van der Waals surface area contributed by atoms with E-state index in [-0.39, 0.29) is 62.6 Å². The number of amides is 1. The molecule has 1 aliphatic heterocycles. The van der Waals surface area contributed by atoms with Crippen molar-refractivity contribution in [1.29, 1.82) is 0 Å². The van der Waals surface area contributed by atoms with Gasteiger partial charge in [0.05, 0.1) is 11.3 Å². The molecule has 1 aromatic carbocycles. The summed E-state index contributed by atoms with van der Waals surface area (Å²) in [6, 6.07) is 4.51. The zero-order valence-corrected chi connectivity index (χ0v) is 13.7. The van der Waals surface area contributed by atoms with Crippen molar-refractivity contribution in [2.75, 3.05) is 11.3 Å². The van der Waals surface area contributed by atoms with Gasteiger partial charge in [-0.3, -0.25) is 9.59 Å². The Balaban J connectivity index is 0.00000180. The van der Waals surface area contributed by atoms with Crippen molar-refractivity contribution in [3.63, 3.8) is 0 Å². The number of benzene rings is 1. The molecule has 0 bridgehead atoms. The summed E-state index contributed by atoms with van der Waals surface area (Å²) in [5, 5.41) is 0. The molecule has 0 radical (unpaired) electrons. The average molecular weight is 295 g/mol. The van der Waals surface area contributed by atoms with Crippen LogP contribution in [0.1, 0.15) is 22.8 Å².